The average Bonchev–Trinajstić information content (AvgIpc) is 3.51. The van der Waals surface area contributed by atoms with E-state index >= 15 is 0 Å². The van der Waals surface area contributed by atoms with E-state index in [1.165, 1.54) is 12.8 Å². The second kappa shape index (κ2) is 6.92. The van der Waals surface area contributed by atoms with Crippen molar-refractivity contribution < 1.29 is 9.47 Å². The maximum Gasteiger partial charge on any atom is 0.148 e. The lowest BCUT2D eigenvalue weighted by molar-refractivity contribution is 0.397. The van der Waals surface area contributed by atoms with E-state index in [9.17, 15) is 0 Å². The Labute approximate surface area is 168 Å². The van der Waals surface area contributed by atoms with Gasteiger partial charge in [-0.2, -0.15) is 0 Å². The molecule has 2 heterocycles. The highest BCUT2D eigenvalue weighted by molar-refractivity contribution is 5.94. The van der Waals surface area contributed by atoms with E-state index in [0.29, 0.717) is 17.4 Å². The van der Waals surface area contributed by atoms with Crippen molar-refractivity contribution in [2.75, 3.05) is 19.5 Å². The van der Waals surface area contributed by atoms with Crippen LogP contribution in [0.25, 0.3) is 21.9 Å². The van der Waals surface area contributed by atoms with E-state index in [0.717, 1.165) is 39.1 Å². The van der Waals surface area contributed by atoms with E-state index in [4.69, 9.17) is 14.5 Å². The second-order valence-corrected chi connectivity index (χ2v) is 7.49. The van der Waals surface area contributed by atoms with Crippen molar-refractivity contribution in [2.24, 2.45) is 0 Å². The van der Waals surface area contributed by atoms with Crippen LogP contribution in [-0.2, 0) is 0 Å². The molecule has 1 saturated carbocycles. The predicted molar refractivity (Wildman–Crippen MR) is 113 cm³/mol. The van der Waals surface area contributed by atoms with E-state index in [2.05, 4.69) is 45.4 Å². The molecule has 1 aliphatic rings. The van der Waals surface area contributed by atoms with E-state index in [1.807, 2.05) is 12.1 Å². The monoisotopic (exact) mass is 389 g/mol. The number of anilines is 1. The number of H-pyrrole nitrogens is 1. The summed E-state index contributed by atoms with van der Waals surface area (Å²) in [4.78, 5) is 17.0. The summed E-state index contributed by atoms with van der Waals surface area (Å²) in [6, 6.07) is 10.1. The third-order valence-electron chi connectivity index (χ3n) is 5.47. The summed E-state index contributed by atoms with van der Waals surface area (Å²) in [6.07, 6.45) is 4.02. The van der Waals surface area contributed by atoms with Gasteiger partial charge >= 0.3 is 0 Å². The van der Waals surface area contributed by atoms with Crippen LogP contribution in [0.5, 0.6) is 11.5 Å². The van der Waals surface area contributed by atoms with Gasteiger partial charge in [0.15, 0.2) is 0 Å². The Bertz CT molecular complexity index is 1200. The van der Waals surface area contributed by atoms with Crippen molar-refractivity contribution in [2.45, 2.75) is 31.7 Å². The molecule has 29 heavy (non-hydrogen) atoms. The van der Waals surface area contributed by atoms with Gasteiger partial charge in [-0.05, 0) is 43.5 Å². The molecule has 4 aromatic rings. The molecule has 1 atom stereocenters. The van der Waals surface area contributed by atoms with Crippen molar-refractivity contribution in [1.29, 1.82) is 0 Å². The molecule has 1 aliphatic carbocycles. The number of nitrogens with zero attached hydrogens (tertiary/aromatic N) is 3. The summed E-state index contributed by atoms with van der Waals surface area (Å²) in [5, 5.41) is 4.37. The van der Waals surface area contributed by atoms with Gasteiger partial charge in [0.1, 0.15) is 35.0 Å². The van der Waals surface area contributed by atoms with Gasteiger partial charge in [-0.15, -0.1) is 0 Å². The van der Waals surface area contributed by atoms with Crippen LogP contribution >= 0.6 is 0 Å². The third-order valence-corrected chi connectivity index (χ3v) is 5.47. The molecule has 2 aromatic heterocycles. The average molecular weight is 389 g/mol. The van der Waals surface area contributed by atoms with Crippen LogP contribution in [0.4, 0.5) is 5.82 Å². The summed E-state index contributed by atoms with van der Waals surface area (Å²) in [5.74, 6) is 3.82. The number of methoxy groups -OCH3 is 2. The highest BCUT2D eigenvalue weighted by Gasteiger charge is 2.26. The number of benzene rings is 2. The Morgan fingerprint density at radius 3 is 2.72 bits per heavy atom. The van der Waals surface area contributed by atoms with Crippen molar-refractivity contribution in [1.82, 2.24) is 19.9 Å². The quantitative estimate of drug-likeness (QED) is 0.502. The summed E-state index contributed by atoms with van der Waals surface area (Å²) in [5.41, 5.74) is 4.00. The van der Waals surface area contributed by atoms with Crippen molar-refractivity contribution in [3.63, 3.8) is 0 Å². The van der Waals surface area contributed by atoms with Crippen LogP contribution in [0.15, 0.2) is 36.7 Å². The maximum atomic E-state index is 5.48. The van der Waals surface area contributed by atoms with Gasteiger partial charge in [0.05, 0.1) is 36.7 Å². The summed E-state index contributed by atoms with van der Waals surface area (Å²) in [6.45, 7) is 2.12. The lowest BCUT2D eigenvalue weighted by atomic mass is 10.1. The van der Waals surface area contributed by atoms with E-state index in [-0.39, 0.29) is 6.04 Å². The molecule has 148 valence electrons. The first-order chi connectivity index (χ1) is 14.2. The Morgan fingerprint density at radius 2 is 1.97 bits per heavy atom. The van der Waals surface area contributed by atoms with Gasteiger partial charge in [-0.3, -0.25) is 0 Å². The van der Waals surface area contributed by atoms with Gasteiger partial charge < -0.3 is 19.8 Å². The highest BCUT2D eigenvalue weighted by atomic mass is 16.5. The first-order valence-electron chi connectivity index (χ1n) is 9.79. The fraction of sp³-hybridized carbons (Fsp3) is 0.318. The lowest BCUT2D eigenvalue weighted by Crippen LogP contribution is -2.09. The Balaban J connectivity index is 1.49. The second-order valence-electron chi connectivity index (χ2n) is 7.49. The zero-order chi connectivity index (χ0) is 20.0. The highest BCUT2D eigenvalue weighted by Crippen LogP contribution is 2.39. The zero-order valence-corrected chi connectivity index (χ0v) is 16.7. The normalized spacial score (nSPS) is 14.9. The standard InChI is InChI=1S/C22H23N5O2/c1-12(14-6-7-17-18(8-14)27-21(26-17)13-4-5-13)25-22-16-9-15(28-2)10-19(29-3)20(16)23-11-24-22/h6-13H,4-5H2,1-3H3,(H,26,27)(H,23,24,25). The number of fused-ring (bicyclic) bond motifs is 2. The van der Waals surface area contributed by atoms with E-state index < -0.39 is 0 Å². The van der Waals surface area contributed by atoms with Crippen LogP contribution in [0.3, 0.4) is 0 Å². The summed E-state index contributed by atoms with van der Waals surface area (Å²) in [7, 11) is 3.26. The van der Waals surface area contributed by atoms with Crippen molar-refractivity contribution >= 4 is 27.8 Å². The summed E-state index contributed by atoms with van der Waals surface area (Å²) < 4.78 is 10.9. The van der Waals surface area contributed by atoms with Crippen molar-refractivity contribution in [3.8, 4) is 11.5 Å². The molecule has 0 bridgehead atoms. The van der Waals surface area contributed by atoms with Crippen LogP contribution in [0, 0.1) is 0 Å². The molecule has 0 spiro atoms. The number of hydrogen-bond donors (Lipinski definition) is 2. The first-order valence-corrected chi connectivity index (χ1v) is 9.79. The molecule has 2 N–H and O–H groups in total. The topological polar surface area (TPSA) is 84.9 Å². The van der Waals surface area contributed by atoms with Gasteiger partial charge in [0, 0.05) is 12.0 Å². The van der Waals surface area contributed by atoms with Gasteiger partial charge in [-0.25, -0.2) is 15.0 Å². The number of aromatic nitrogens is 4. The molecule has 0 radical (unpaired) electrons. The smallest absolute Gasteiger partial charge is 0.148 e. The Hall–Kier alpha value is -3.35. The Morgan fingerprint density at radius 1 is 1.10 bits per heavy atom. The maximum absolute atomic E-state index is 5.48. The molecule has 0 amide bonds. The molecule has 7 heteroatoms. The van der Waals surface area contributed by atoms with Crippen LogP contribution < -0.4 is 14.8 Å². The largest absolute Gasteiger partial charge is 0.497 e. The molecule has 7 nitrogen and oxygen atoms in total. The van der Waals surface area contributed by atoms with Gasteiger partial charge in [0.25, 0.3) is 0 Å². The molecule has 2 aromatic carbocycles. The minimum atomic E-state index is 0.0439. The fourth-order valence-corrected chi connectivity index (χ4v) is 3.65. The van der Waals surface area contributed by atoms with Gasteiger partial charge in [0.2, 0.25) is 0 Å². The molecule has 1 unspecified atom stereocenters. The minimum absolute atomic E-state index is 0.0439. The van der Waals surface area contributed by atoms with Crippen LogP contribution in [0.2, 0.25) is 0 Å². The van der Waals surface area contributed by atoms with Crippen molar-refractivity contribution in [3.05, 3.63) is 48.0 Å². The molecular weight excluding hydrogens is 366 g/mol. The molecule has 5 rings (SSSR count). The number of nitrogens with one attached hydrogen (secondary N) is 2. The number of hydrogen-bond acceptors (Lipinski definition) is 6. The molecule has 0 saturated heterocycles. The third kappa shape index (κ3) is 3.22. The number of ether oxygens (including phenoxy) is 2. The van der Waals surface area contributed by atoms with Crippen LogP contribution in [-0.4, -0.2) is 34.2 Å². The fourth-order valence-electron chi connectivity index (χ4n) is 3.65. The SMILES string of the molecule is COc1cc(OC)c2ncnc(NC(C)c3ccc4nc(C5CC5)[nH]c4c3)c2c1. The number of aromatic amines is 1. The molecule has 1 fully saturated rings. The predicted octanol–water partition coefficient (Wildman–Crippen LogP) is 4.57. The van der Waals surface area contributed by atoms with Gasteiger partial charge in [-0.1, -0.05) is 6.07 Å². The molecule has 0 aliphatic heterocycles. The first kappa shape index (κ1) is 17.7. The number of rotatable bonds is 6. The minimum Gasteiger partial charge on any atom is -0.497 e. The Kier molecular flexibility index (Phi) is 4.23. The zero-order valence-electron chi connectivity index (χ0n) is 16.7. The van der Waals surface area contributed by atoms with E-state index in [1.54, 1.807) is 20.5 Å². The lowest BCUT2D eigenvalue weighted by Gasteiger charge is -2.17. The number of imidazole rings is 1. The molecular formula is C22H23N5O2. The van der Waals surface area contributed by atoms with Crippen LogP contribution in [0.1, 0.15) is 43.1 Å². The summed E-state index contributed by atoms with van der Waals surface area (Å²) >= 11 is 0.